The van der Waals surface area contributed by atoms with E-state index in [0.717, 1.165) is 37.1 Å². The standard InChI is InChI=1S/C22H34N4O3/c1-6-24-19-11-15-10-14(2)26(20(27)17(15)12-18(19)23)16-8-7-9-25(13-16)21(28)29-22(3,4)5/h11-12,14,16,24H,6-10,13,23H2,1-5H3/t14?,16-/m1/s1. The second kappa shape index (κ2) is 8.13. The molecule has 160 valence electrons. The van der Waals surface area contributed by atoms with Crippen LogP contribution in [-0.4, -0.2) is 59.1 Å². The zero-order valence-electron chi connectivity index (χ0n) is 18.2. The first-order chi connectivity index (χ1) is 13.6. The van der Waals surface area contributed by atoms with Crippen molar-refractivity contribution in [1.29, 1.82) is 0 Å². The molecule has 0 saturated carbocycles. The number of amides is 2. The van der Waals surface area contributed by atoms with Gasteiger partial charge in [0.25, 0.3) is 5.91 Å². The summed E-state index contributed by atoms with van der Waals surface area (Å²) in [5.41, 5.74) is 8.82. The highest BCUT2D eigenvalue weighted by Crippen LogP contribution is 2.33. The lowest BCUT2D eigenvalue weighted by atomic mass is 9.90. The third kappa shape index (κ3) is 4.60. The van der Waals surface area contributed by atoms with E-state index in [-0.39, 0.29) is 24.1 Å². The van der Waals surface area contributed by atoms with Crippen molar-refractivity contribution in [3.63, 3.8) is 0 Å². The zero-order valence-corrected chi connectivity index (χ0v) is 18.2. The minimum Gasteiger partial charge on any atom is -0.444 e. The Morgan fingerprint density at radius 2 is 2.07 bits per heavy atom. The number of carbonyl (C=O) groups excluding carboxylic acids is 2. The van der Waals surface area contributed by atoms with E-state index >= 15 is 0 Å². The molecule has 2 amide bonds. The minimum atomic E-state index is -0.529. The van der Waals surface area contributed by atoms with Crippen LogP contribution in [-0.2, 0) is 11.2 Å². The number of nitrogens with two attached hydrogens (primary N) is 1. The van der Waals surface area contributed by atoms with Gasteiger partial charge in [0, 0.05) is 31.2 Å². The third-order valence-corrected chi connectivity index (χ3v) is 5.54. The van der Waals surface area contributed by atoms with Crippen molar-refractivity contribution in [2.24, 2.45) is 0 Å². The maximum Gasteiger partial charge on any atom is 0.410 e. The Kier molecular flexibility index (Phi) is 5.96. The van der Waals surface area contributed by atoms with Crippen molar-refractivity contribution >= 4 is 23.4 Å². The SMILES string of the molecule is CCNc1cc2c(cc1N)C(=O)N([C@@H]1CCCN(C(=O)OC(C)(C)C)C1)C(C)C2. The molecule has 0 aliphatic carbocycles. The molecule has 2 heterocycles. The van der Waals surface area contributed by atoms with E-state index in [0.29, 0.717) is 24.3 Å². The Balaban J connectivity index is 1.80. The number of nitrogens with zero attached hydrogens (tertiary/aromatic N) is 2. The largest absolute Gasteiger partial charge is 0.444 e. The second-order valence-electron chi connectivity index (χ2n) is 9.11. The first kappa shape index (κ1) is 21.3. The van der Waals surface area contributed by atoms with Crippen LogP contribution in [0.5, 0.6) is 0 Å². The predicted octanol–water partition coefficient (Wildman–Crippen LogP) is 3.49. The quantitative estimate of drug-likeness (QED) is 0.756. The van der Waals surface area contributed by atoms with E-state index in [2.05, 4.69) is 12.2 Å². The minimum absolute atomic E-state index is 0.00420. The molecular formula is C22H34N4O3. The van der Waals surface area contributed by atoms with Crippen molar-refractivity contribution in [2.45, 2.75) is 71.6 Å². The van der Waals surface area contributed by atoms with Gasteiger partial charge in [-0.15, -0.1) is 0 Å². The normalized spacial score (nSPS) is 22.3. The molecule has 1 fully saturated rings. The molecule has 0 bridgehead atoms. The molecule has 2 aliphatic heterocycles. The lowest BCUT2D eigenvalue weighted by Crippen LogP contribution is -2.57. The summed E-state index contributed by atoms with van der Waals surface area (Å²) in [4.78, 5) is 29.6. The highest BCUT2D eigenvalue weighted by Gasteiger charge is 2.38. The molecule has 1 aromatic carbocycles. The smallest absolute Gasteiger partial charge is 0.410 e. The maximum absolute atomic E-state index is 13.4. The lowest BCUT2D eigenvalue weighted by molar-refractivity contribution is 0.00595. The van der Waals surface area contributed by atoms with Crippen LogP contribution >= 0.6 is 0 Å². The van der Waals surface area contributed by atoms with Gasteiger partial charge >= 0.3 is 6.09 Å². The van der Waals surface area contributed by atoms with Crippen LogP contribution in [0.3, 0.4) is 0 Å². The Labute approximate surface area is 173 Å². The van der Waals surface area contributed by atoms with Crippen molar-refractivity contribution in [3.05, 3.63) is 23.3 Å². The number of nitrogens with one attached hydrogen (secondary N) is 1. The molecular weight excluding hydrogens is 368 g/mol. The summed E-state index contributed by atoms with van der Waals surface area (Å²) < 4.78 is 5.53. The summed E-state index contributed by atoms with van der Waals surface area (Å²) in [6.45, 7) is 11.6. The average molecular weight is 403 g/mol. The van der Waals surface area contributed by atoms with E-state index < -0.39 is 5.60 Å². The topological polar surface area (TPSA) is 87.9 Å². The molecule has 2 aliphatic rings. The number of fused-ring (bicyclic) bond motifs is 1. The molecule has 7 nitrogen and oxygen atoms in total. The number of benzene rings is 1. The monoisotopic (exact) mass is 402 g/mol. The van der Waals surface area contributed by atoms with Crippen LogP contribution in [0.4, 0.5) is 16.2 Å². The Morgan fingerprint density at radius 1 is 1.34 bits per heavy atom. The summed E-state index contributed by atoms with van der Waals surface area (Å²) >= 11 is 0. The molecule has 1 saturated heterocycles. The van der Waals surface area contributed by atoms with E-state index in [1.165, 1.54) is 0 Å². The molecule has 1 unspecified atom stereocenters. The van der Waals surface area contributed by atoms with Crippen molar-refractivity contribution in [3.8, 4) is 0 Å². The summed E-state index contributed by atoms with van der Waals surface area (Å²) in [5, 5.41) is 3.26. The van der Waals surface area contributed by atoms with Crippen molar-refractivity contribution in [2.75, 3.05) is 30.7 Å². The predicted molar refractivity (Wildman–Crippen MR) is 115 cm³/mol. The molecule has 2 atom stereocenters. The summed E-state index contributed by atoms with van der Waals surface area (Å²) in [7, 11) is 0. The van der Waals surface area contributed by atoms with Crippen LogP contribution in [0.15, 0.2) is 12.1 Å². The van der Waals surface area contributed by atoms with Gasteiger partial charge in [-0.2, -0.15) is 0 Å². The van der Waals surface area contributed by atoms with Gasteiger partial charge in [0.2, 0.25) is 0 Å². The summed E-state index contributed by atoms with van der Waals surface area (Å²) in [6.07, 6.45) is 2.21. The molecule has 3 N–H and O–H groups in total. The first-order valence-electron chi connectivity index (χ1n) is 10.6. The van der Waals surface area contributed by atoms with E-state index in [1.807, 2.05) is 38.7 Å². The van der Waals surface area contributed by atoms with E-state index in [9.17, 15) is 9.59 Å². The number of rotatable bonds is 3. The van der Waals surface area contributed by atoms with E-state index in [1.54, 1.807) is 11.0 Å². The van der Waals surface area contributed by atoms with Crippen molar-refractivity contribution in [1.82, 2.24) is 9.80 Å². The van der Waals surface area contributed by atoms with Gasteiger partial charge in [0.15, 0.2) is 0 Å². The summed E-state index contributed by atoms with van der Waals surface area (Å²) in [6, 6.07) is 3.86. The third-order valence-electron chi connectivity index (χ3n) is 5.54. The molecule has 1 aromatic rings. The fourth-order valence-corrected chi connectivity index (χ4v) is 4.33. The van der Waals surface area contributed by atoms with Gasteiger partial charge in [-0.25, -0.2) is 4.79 Å². The lowest BCUT2D eigenvalue weighted by Gasteiger charge is -2.44. The van der Waals surface area contributed by atoms with Gasteiger partial charge in [0.05, 0.1) is 17.4 Å². The second-order valence-corrected chi connectivity index (χ2v) is 9.11. The van der Waals surface area contributed by atoms with Crippen LogP contribution in [0, 0.1) is 0 Å². The van der Waals surface area contributed by atoms with Crippen LogP contribution < -0.4 is 11.1 Å². The Morgan fingerprint density at radius 3 is 2.72 bits per heavy atom. The fourth-order valence-electron chi connectivity index (χ4n) is 4.33. The van der Waals surface area contributed by atoms with Gasteiger partial charge < -0.3 is 25.6 Å². The molecule has 0 aromatic heterocycles. The fraction of sp³-hybridized carbons (Fsp3) is 0.636. The van der Waals surface area contributed by atoms with E-state index in [4.69, 9.17) is 10.5 Å². The van der Waals surface area contributed by atoms with Crippen molar-refractivity contribution < 1.29 is 14.3 Å². The number of hydrogen-bond acceptors (Lipinski definition) is 5. The van der Waals surface area contributed by atoms with Gasteiger partial charge in [-0.1, -0.05) is 0 Å². The van der Waals surface area contributed by atoms with Crippen LogP contribution in [0.2, 0.25) is 0 Å². The molecule has 7 heteroatoms. The molecule has 0 spiro atoms. The zero-order chi connectivity index (χ0) is 21.3. The highest BCUT2D eigenvalue weighted by atomic mass is 16.6. The number of hydrogen-bond donors (Lipinski definition) is 2. The van der Waals surface area contributed by atoms with Gasteiger partial charge in [-0.3, -0.25) is 4.79 Å². The Hall–Kier alpha value is -2.44. The first-order valence-corrected chi connectivity index (χ1v) is 10.6. The maximum atomic E-state index is 13.4. The van der Waals surface area contributed by atoms with Gasteiger partial charge in [0.1, 0.15) is 5.60 Å². The van der Waals surface area contributed by atoms with Crippen LogP contribution in [0.25, 0.3) is 0 Å². The number of carbonyl (C=O) groups is 2. The number of nitrogen functional groups attached to an aromatic ring is 1. The molecule has 29 heavy (non-hydrogen) atoms. The molecule has 0 radical (unpaired) electrons. The number of ether oxygens (including phenoxy) is 1. The number of likely N-dealkylation sites (tertiary alicyclic amines) is 1. The van der Waals surface area contributed by atoms with Gasteiger partial charge in [-0.05, 0) is 71.6 Å². The average Bonchev–Trinajstić information content (AvgIpc) is 2.62. The highest BCUT2D eigenvalue weighted by molar-refractivity contribution is 5.99. The van der Waals surface area contributed by atoms with Crippen LogP contribution in [0.1, 0.15) is 63.4 Å². The number of anilines is 2. The Bertz CT molecular complexity index is 787. The number of piperidine rings is 1. The summed E-state index contributed by atoms with van der Waals surface area (Å²) in [5.74, 6) is 0.00420. The molecule has 3 rings (SSSR count).